The maximum atomic E-state index is 13.4. The minimum atomic E-state index is -4.86. The maximum absolute atomic E-state index is 13.4. The van der Waals surface area contributed by atoms with Gasteiger partial charge in [0.15, 0.2) is 0 Å². The summed E-state index contributed by atoms with van der Waals surface area (Å²) < 4.78 is 52.5. The number of fused-ring (bicyclic) bond motifs is 1. The third-order valence-electron chi connectivity index (χ3n) is 6.54. The first-order chi connectivity index (χ1) is 15.9. The molecule has 2 fully saturated rings. The number of benzene rings is 1. The van der Waals surface area contributed by atoms with E-state index in [1.165, 1.54) is 18.5 Å². The van der Waals surface area contributed by atoms with Gasteiger partial charge in [-0.3, -0.25) is 4.79 Å². The number of imidazole rings is 1. The number of aliphatic hydroxyl groups is 2. The van der Waals surface area contributed by atoms with Crippen molar-refractivity contribution in [3.63, 3.8) is 0 Å². The van der Waals surface area contributed by atoms with Crippen LogP contribution in [0.15, 0.2) is 24.5 Å². The van der Waals surface area contributed by atoms with Gasteiger partial charge in [0.1, 0.15) is 17.1 Å². The van der Waals surface area contributed by atoms with Crippen LogP contribution in [-0.4, -0.2) is 43.6 Å². The number of alkyl halides is 3. The smallest absolute Gasteiger partial charge is 0.378 e. The second-order valence-corrected chi connectivity index (χ2v) is 9.42. The van der Waals surface area contributed by atoms with Gasteiger partial charge in [-0.1, -0.05) is 23.4 Å². The molecule has 11 heteroatoms. The number of anilines is 1. The zero-order valence-electron chi connectivity index (χ0n) is 18.0. The molecular weight excluding hydrogens is 478 g/mol. The molecule has 2 unspecified atom stereocenters. The van der Waals surface area contributed by atoms with Gasteiger partial charge in [-0.2, -0.15) is 13.2 Å². The van der Waals surface area contributed by atoms with Crippen LogP contribution in [0.25, 0.3) is 0 Å². The first kappa shape index (κ1) is 24.5. The van der Waals surface area contributed by atoms with Crippen molar-refractivity contribution in [2.75, 3.05) is 5.32 Å². The molecule has 2 aromatic rings. The van der Waals surface area contributed by atoms with E-state index in [2.05, 4.69) is 16.2 Å². The number of carbonyl (C=O) groups excluding carboxylic acids is 1. The molecule has 0 radical (unpaired) electrons. The Hall–Kier alpha value is -2.61. The number of amides is 1. The van der Waals surface area contributed by atoms with Gasteiger partial charge in [0.2, 0.25) is 6.10 Å². The first-order valence-electron chi connectivity index (χ1n) is 10.6. The summed E-state index contributed by atoms with van der Waals surface area (Å²) in [6.07, 6.45) is -4.57. The van der Waals surface area contributed by atoms with Crippen LogP contribution < -0.4 is 5.32 Å². The molecule has 34 heavy (non-hydrogen) atoms. The van der Waals surface area contributed by atoms with E-state index < -0.39 is 29.6 Å². The fourth-order valence-corrected chi connectivity index (χ4v) is 5.24. The molecule has 1 aromatic carbocycles. The lowest BCUT2D eigenvalue weighted by atomic mass is 9.92. The molecule has 0 aliphatic heterocycles. The number of halogens is 5. The Balaban J connectivity index is 1.46. The predicted octanol–water partition coefficient (Wildman–Crippen LogP) is 4.03. The lowest BCUT2D eigenvalue weighted by Gasteiger charge is -2.19. The first-order valence-corrected chi connectivity index (χ1v) is 11.0. The van der Waals surface area contributed by atoms with Crippen molar-refractivity contribution in [2.45, 2.75) is 49.5 Å². The van der Waals surface area contributed by atoms with Gasteiger partial charge in [0, 0.05) is 18.7 Å². The average Bonchev–Trinajstić information content (AvgIpc) is 3.39. The highest BCUT2D eigenvalue weighted by Gasteiger charge is 2.49. The number of rotatable bonds is 3. The van der Waals surface area contributed by atoms with Crippen molar-refractivity contribution in [2.24, 2.45) is 18.9 Å². The molecular formula is C23H22ClF4N3O3. The summed E-state index contributed by atoms with van der Waals surface area (Å²) in [6.45, 7) is 0. The van der Waals surface area contributed by atoms with E-state index in [1.807, 2.05) is 0 Å². The zero-order chi connectivity index (χ0) is 24.8. The molecule has 4 rings (SSSR count). The predicted molar refractivity (Wildman–Crippen MR) is 116 cm³/mol. The van der Waals surface area contributed by atoms with E-state index in [-0.39, 0.29) is 35.6 Å². The van der Waals surface area contributed by atoms with Gasteiger partial charge in [-0.25, -0.2) is 9.37 Å². The Kier molecular flexibility index (Phi) is 6.40. The Labute approximate surface area is 197 Å². The van der Waals surface area contributed by atoms with Crippen molar-refractivity contribution in [3.8, 4) is 11.8 Å². The van der Waals surface area contributed by atoms with Crippen LogP contribution in [0.4, 0.5) is 23.2 Å². The Morgan fingerprint density at radius 3 is 2.56 bits per heavy atom. The van der Waals surface area contributed by atoms with Crippen molar-refractivity contribution >= 4 is 23.2 Å². The molecule has 2 saturated carbocycles. The number of aromatic nitrogens is 2. The molecule has 1 heterocycles. The summed E-state index contributed by atoms with van der Waals surface area (Å²) in [5, 5.41) is 22.3. The van der Waals surface area contributed by atoms with Crippen molar-refractivity contribution < 1.29 is 32.6 Å². The molecule has 0 bridgehead atoms. The van der Waals surface area contributed by atoms with Gasteiger partial charge < -0.3 is 20.1 Å². The van der Waals surface area contributed by atoms with E-state index in [9.17, 15) is 27.5 Å². The fraction of sp³-hybridized carbons (Fsp3) is 0.478. The molecule has 6 nitrogen and oxygen atoms in total. The second-order valence-electron chi connectivity index (χ2n) is 9.01. The third kappa shape index (κ3) is 4.92. The van der Waals surface area contributed by atoms with Crippen LogP contribution in [0.3, 0.4) is 0 Å². The summed E-state index contributed by atoms with van der Waals surface area (Å²) in [5.74, 6) is 2.85. The van der Waals surface area contributed by atoms with Crippen LogP contribution in [-0.2, 0) is 7.05 Å². The highest BCUT2D eigenvalue weighted by molar-refractivity contribution is 6.31. The lowest BCUT2D eigenvalue weighted by molar-refractivity contribution is -0.184. The monoisotopic (exact) mass is 499 g/mol. The largest absolute Gasteiger partial charge is 0.425 e. The second kappa shape index (κ2) is 8.87. The number of nitrogens with zero attached hydrogens (tertiary/aromatic N) is 2. The summed E-state index contributed by atoms with van der Waals surface area (Å²) in [4.78, 5) is 17.4. The zero-order valence-corrected chi connectivity index (χ0v) is 18.8. The molecule has 3 N–H and O–H groups in total. The minimum Gasteiger partial charge on any atom is -0.378 e. The highest BCUT2D eigenvalue weighted by atomic mass is 35.5. The van der Waals surface area contributed by atoms with Gasteiger partial charge in [0.25, 0.3) is 5.91 Å². The summed E-state index contributed by atoms with van der Waals surface area (Å²) >= 11 is 5.78. The summed E-state index contributed by atoms with van der Waals surface area (Å²) in [7, 11) is 1.68. The maximum Gasteiger partial charge on any atom is 0.425 e. The lowest BCUT2D eigenvalue weighted by Crippen LogP contribution is -2.29. The van der Waals surface area contributed by atoms with E-state index in [0.717, 1.165) is 6.07 Å². The van der Waals surface area contributed by atoms with Crippen LogP contribution in [0.1, 0.15) is 47.8 Å². The number of hydrogen-bond acceptors (Lipinski definition) is 4. The van der Waals surface area contributed by atoms with E-state index in [0.29, 0.717) is 29.9 Å². The Morgan fingerprint density at radius 1 is 1.32 bits per heavy atom. The Morgan fingerprint density at radius 2 is 1.97 bits per heavy atom. The SMILES string of the molecule is Cn1cnc(C2CC3CC(O)(C#C[C@H](O)C(F)(F)F)CC3C2)c1C(=O)Nc1ccc(F)c(Cl)c1. The Bertz CT molecular complexity index is 1160. The van der Waals surface area contributed by atoms with Crippen LogP contribution in [0.5, 0.6) is 0 Å². The molecule has 2 aliphatic carbocycles. The van der Waals surface area contributed by atoms with Gasteiger partial charge in [0.05, 0.1) is 17.0 Å². The quantitative estimate of drug-likeness (QED) is 0.439. The standard InChI is InChI=1S/C23H22ClF4N3O3/c1-31-11-29-19(20(31)21(33)30-15-2-3-17(25)16(24)8-15)12-6-13-9-22(34,10-14(13)7-12)5-4-18(32)23(26,27)28/h2-3,8,11-14,18,32,34H,6-7,9-10H2,1H3,(H,30,33)/t12?,13?,14?,18-,22?/m0/s1. The fourth-order valence-electron chi connectivity index (χ4n) is 5.06. The van der Waals surface area contributed by atoms with Crippen molar-refractivity contribution in [1.29, 1.82) is 0 Å². The number of aryl methyl sites for hydroxylation is 1. The molecule has 1 amide bonds. The highest BCUT2D eigenvalue weighted by Crippen LogP contribution is 2.53. The molecule has 3 atom stereocenters. The average molecular weight is 500 g/mol. The van der Waals surface area contributed by atoms with Crippen molar-refractivity contribution in [3.05, 3.63) is 46.8 Å². The third-order valence-corrected chi connectivity index (χ3v) is 6.83. The van der Waals surface area contributed by atoms with Crippen LogP contribution >= 0.6 is 11.6 Å². The summed E-state index contributed by atoms with van der Waals surface area (Å²) in [6, 6.07) is 3.85. The van der Waals surface area contributed by atoms with E-state index in [1.54, 1.807) is 17.5 Å². The number of carbonyl (C=O) groups is 1. The van der Waals surface area contributed by atoms with E-state index in [4.69, 9.17) is 16.7 Å². The molecule has 1 aromatic heterocycles. The topological polar surface area (TPSA) is 87.4 Å². The molecule has 2 aliphatic rings. The van der Waals surface area contributed by atoms with Gasteiger partial charge >= 0.3 is 6.18 Å². The van der Waals surface area contributed by atoms with Crippen molar-refractivity contribution in [1.82, 2.24) is 9.55 Å². The van der Waals surface area contributed by atoms with Crippen LogP contribution in [0.2, 0.25) is 5.02 Å². The minimum absolute atomic E-state index is 0.00107. The molecule has 0 saturated heterocycles. The van der Waals surface area contributed by atoms with Gasteiger partial charge in [-0.15, -0.1) is 0 Å². The van der Waals surface area contributed by atoms with Gasteiger partial charge in [-0.05, 0) is 55.7 Å². The summed E-state index contributed by atoms with van der Waals surface area (Å²) in [5.41, 5.74) is -0.325. The van der Waals surface area contributed by atoms with E-state index >= 15 is 0 Å². The molecule has 0 spiro atoms. The number of hydrogen-bond donors (Lipinski definition) is 3. The van der Waals surface area contributed by atoms with Crippen LogP contribution in [0, 0.1) is 29.5 Å². The normalized spacial score (nSPS) is 27.1. The number of nitrogens with one attached hydrogen (secondary N) is 1. The molecule has 182 valence electrons. The number of aliphatic hydroxyl groups excluding tert-OH is 1.